The van der Waals surface area contributed by atoms with Crippen LogP contribution in [0.5, 0.6) is 0 Å². The van der Waals surface area contributed by atoms with Crippen LogP contribution in [0, 0.1) is 17.8 Å². The van der Waals surface area contributed by atoms with Gasteiger partial charge in [0.2, 0.25) is 0 Å². The highest BCUT2D eigenvalue weighted by Gasteiger charge is 2.27. The molecule has 0 saturated heterocycles. The average Bonchev–Trinajstić information content (AvgIpc) is 1.09. The molecule has 0 spiro atoms. The Balaban J connectivity index is -0.000000127. The molecule has 0 fully saturated rings. The summed E-state index contributed by atoms with van der Waals surface area (Å²) in [6, 6.07) is 12.2. The van der Waals surface area contributed by atoms with Crippen LogP contribution in [0.1, 0.15) is 233 Å². The molecule has 0 aliphatic rings. The van der Waals surface area contributed by atoms with Gasteiger partial charge in [-0.25, -0.2) is 0 Å². The van der Waals surface area contributed by atoms with E-state index in [9.17, 15) is 32.4 Å². The zero-order valence-corrected chi connectivity index (χ0v) is 67.5. The minimum absolute atomic E-state index is 0.0312. The van der Waals surface area contributed by atoms with Gasteiger partial charge < -0.3 is 78.3 Å². The van der Waals surface area contributed by atoms with Crippen molar-refractivity contribution in [3.63, 3.8) is 0 Å². The van der Waals surface area contributed by atoms with Gasteiger partial charge in [0.05, 0.1) is 38.0 Å². The molecule has 1 aromatic carbocycles. The van der Waals surface area contributed by atoms with Gasteiger partial charge in [0.15, 0.2) is 0 Å². The molecule has 0 aliphatic heterocycles. The molecular formula is C71H154N10O15S. The average molecular weight is 1420 g/mol. The second-order valence-electron chi connectivity index (χ2n) is 29.7. The maximum atomic E-state index is 10.6. The molecule has 26 heteroatoms. The lowest BCUT2D eigenvalue weighted by atomic mass is 10.0. The van der Waals surface area contributed by atoms with Crippen LogP contribution in [0.3, 0.4) is 0 Å². The van der Waals surface area contributed by atoms with Crippen LogP contribution in [0.15, 0.2) is 30.3 Å². The van der Waals surface area contributed by atoms with E-state index in [0.29, 0.717) is 43.3 Å². The molecule has 0 aromatic heterocycles. The van der Waals surface area contributed by atoms with Crippen molar-refractivity contribution in [2.45, 2.75) is 310 Å². The number of hydrogen-bond donors (Lipinski definition) is 18. The Hall–Kier alpha value is -4.00. The van der Waals surface area contributed by atoms with E-state index >= 15 is 0 Å². The van der Waals surface area contributed by atoms with Crippen LogP contribution in [-0.4, -0.2) is 220 Å². The van der Waals surface area contributed by atoms with Crippen molar-refractivity contribution in [1.82, 2.24) is 53.2 Å². The van der Waals surface area contributed by atoms with E-state index in [2.05, 4.69) is 180 Å². The molecule has 25 nitrogen and oxygen atoms in total. The molecule has 97 heavy (non-hydrogen) atoms. The van der Waals surface area contributed by atoms with Crippen molar-refractivity contribution >= 4 is 40.0 Å². The van der Waals surface area contributed by atoms with Gasteiger partial charge in [0.1, 0.15) is 12.1 Å². The van der Waals surface area contributed by atoms with Crippen molar-refractivity contribution in [1.29, 1.82) is 0 Å². The summed E-state index contributed by atoms with van der Waals surface area (Å²) in [7, 11) is -3.78. The fraction of sp³-hybridized carbons (Fsp3) is 0.845. The number of aliphatic hydroxyl groups excluding tert-OH is 2. The zero-order chi connectivity index (χ0) is 78.5. The second-order valence-corrected chi connectivity index (χ2v) is 31.2. The van der Waals surface area contributed by atoms with Crippen molar-refractivity contribution in [2.24, 2.45) is 17.8 Å². The van der Waals surface area contributed by atoms with Crippen LogP contribution in [-0.2, 0) is 40.5 Å². The minimum atomic E-state index is -3.78. The van der Waals surface area contributed by atoms with Crippen LogP contribution in [0.4, 0.5) is 0 Å². The van der Waals surface area contributed by atoms with Crippen LogP contribution in [0.25, 0.3) is 0 Å². The minimum Gasteiger partial charge on any atom is -0.481 e. The molecule has 1 rings (SSSR count). The molecule has 1 aromatic rings. The zero-order valence-electron chi connectivity index (χ0n) is 66.6. The van der Waals surface area contributed by atoms with Crippen LogP contribution < -0.4 is 53.2 Å². The smallest absolute Gasteiger partial charge is 0.323 e. The van der Waals surface area contributed by atoms with Crippen molar-refractivity contribution < 1.29 is 72.7 Å². The summed E-state index contributed by atoms with van der Waals surface area (Å²) in [4.78, 5) is 50.7. The first-order chi connectivity index (χ1) is 43.9. The molecule has 4 unspecified atom stereocenters. The molecule has 4 atom stereocenters. The summed E-state index contributed by atoms with van der Waals surface area (Å²) in [5, 5.41) is 89.9. The van der Waals surface area contributed by atoms with Gasteiger partial charge in [-0.2, -0.15) is 8.42 Å². The number of hydrogen-bond acceptors (Lipinski definition) is 19. The number of carboxylic acids is 5. The summed E-state index contributed by atoms with van der Waals surface area (Å²) in [5.74, 6) is -2.21. The fourth-order valence-corrected chi connectivity index (χ4v) is 6.38. The third-order valence-electron chi connectivity index (χ3n) is 11.2. The van der Waals surface area contributed by atoms with E-state index in [1.165, 1.54) is 25.3 Å². The lowest BCUT2D eigenvalue weighted by molar-refractivity contribution is -0.143. The van der Waals surface area contributed by atoms with Gasteiger partial charge in [0, 0.05) is 72.0 Å². The van der Waals surface area contributed by atoms with E-state index in [1.54, 1.807) is 0 Å². The number of carboxylic acid groups (broad SMARTS) is 5. The van der Waals surface area contributed by atoms with Crippen LogP contribution >= 0.6 is 0 Å². The van der Waals surface area contributed by atoms with Gasteiger partial charge in [-0.3, -0.25) is 39.2 Å². The normalized spacial score (nSPS) is 12.5. The van der Waals surface area contributed by atoms with E-state index in [4.69, 9.17) is 40.3 Å². The first-order valence-electron chi connectivity index (χ1n) is 34.7. The number of nitrogens with one attached hydrogen (secondary N) is 10. The standard InChI is InChI=1S/C11H17N.C8H17NO3.2C8H19N.C7H15NO3.C7H17N.2C6H13NO2.C5H13NO3S.C5H11NO2/c1-10(2)12-9-8-11-6-4-3-5-7-11;1-5(10)6(7(11)12)9-8(2,3)4;1-7(2)5-6-9-8(3)4;1-5-8(4)6-9-7(2)3;1-7(2,3)8-5(4-9)6(10)11;1-6(2)5-8-7(3)4;1-6(2,3)7-4-5(8)9;1-5(2)7-4-3-6(8)9;1-5(2)6-3-4-10(7,8)9;1-4(2)6-3-5(7)8/h3-7,10,12H,8-9H2,1-2H3;5-6,9-10H,1-4H3,(H,11,12);2*7-9H,5-6H2,1-4H3;5,8-9H,4H2,1-3H3,(H,10,11);6-8H,5H2,1-4H3;7H,4H2,1-3H3,(H,8,9);5,7H,3-4H2,1-2H3,(H,8,9);5-6H,3-4H2,1-2H3,(H,7,8,9);4,6H,3H2,1-2H3,(H,7,8). The van der Waals surface area contributed by atoms with Gasteiger partial charge in [-0.15, -0.1) is 0 Å². The first kappa shape index (κ1) is 112. The first-order valence-corrected chi connectivity index (χ1v) is 36.3. The monoisotopic (exact) mass is 1420 g/mol. The Labute approximate surface area is 592 Å². The lowest BCUT2D eigenvalue weighted by Crippen LogP contribution is -2.52. The Morgan fingerprint density at radius 2 is 0.856 bits per heavy atom. The molecule has 0 heterocycles. The third kappa shape index (κ3) is 129. The number of carbonyl (C=O) groups is 5. The maximum absolute atomic E-state index is 10.6. The Morgan fingerprint density at radius 1 is 0.464 bits per heavy atom. The highest BCUT2D eigenvalue weighted by Crippen LogP contribution is 2.05. The molecule has 18 N–H and O–H groups in total. The van der Waals surface area contributed by atoms with Gasteiger partial charge in [-0.1, -0.05) is 175 Å². The van der Waals surface area contributed by atoms with Crippen molar-refractivity contribution in [3.8, 4) is 0 Å². The number of rotatable bonds is 34. The van der Waals surface area contributed by atoms with Gasteiger partial charge in [-0.05, 0) is 132 Å². The Kier molecular flexibility index (Phi) is 78.0. The van der Waals surface area contributed by atoms with E-state index in [0.717, 1.165) is 50.4 Å². The van der Waals surface area contributed by atoms with Gasteiger partial charge >= 0.3 is 29.8 Å². The van der Waals surface area contributed by atoms with Crippen LogP contribution in [0.2, 0.25) is 0 Å². The molecular weight excluding hydrogens is 1260 g/mol. The largest absolute Gasteiger partial charge is 0.481 e. The maximum Gasteiger partial charge on any atom is 0.323 e. The molecule has 0 bridgehead atoms. The highest BCUT2D eigenvalue weighted by molar-refractivity contribution is 7.85. The van der Waals surface area contributed by atoms with Crippen molar-refractivity contribution in [3.05, 3.63) is 35.9 Å². The molecule has 0 amide bonds. The quantitative estimate of drug-likeness (QED) is 0.0286. The SMILES string of the molecule is CC(C)(C)NC(CO)C(=O)O.CC(C)(C)NCC(=O)O.CC(C)CCNC(C)C.CC(C)CNC(C)C.CC(C)NCC(=O)O.CC(C)NCCC(=O)O.CC(C)NCCS(=O)(=O)O.CC(C)NCCc1ccccc1.CC(O)C(NC(C)(C)C)C(=O)O.CCC(C)CNC(C)C. The summed E-state index contributed by atoms with van der Waals surface area (Å²) in [5.41, 5.74) is 0.718. The number of aliphatic hydroxyl groups is 2. The third-order valence-corrected chi connectivity index (χ3v) is 12.0. The Bertz CT molecular complexity index is 2050. The fourth-order valence-electron chi connectivity index (χ4n) is 6.00. The summed E-state index contributed by atoms with van der Waals surface area (Å²) in [6.07, 6.45) is 3.01. The van der Waals surface area contributed by atoms with E-state index in [-0.39, 0.29) is 60.6 Å². The molecule has 0 radical (unpaired) electrons. The van der Waals surface area contributed by atoms with Gasteiger partial charge in [0.25, 0.3) is 10.1 Å². The summed E-state index contributed by atoms with van der Waals surface area (Å²) >= 11 is 0. The predicted molar refractivity (Wildman–Crippen MR) is 405 cm³/mol. The number of benzene rings is 1. The van der Waals surface area contributed by atoms with E-state index < -0.39 is 58.2 Å². The number of aliphatic carboxylic acids is 5. The predicted octanol–water partition coefficient (Wildman–Crippen LogP) is 8.82. The second kappa shape index (κ2) is 67.8. The Morgan fingerprint density at radius 3 is 1.10 bits per heavy atom. The summed E-state index contributed by atoms with van der Waals surface area (Å²) in [6.45, 7) is 65.9. The van der Waals surface area contributed by atoms with Crippen molar-refractivity contribution in [2.75, 3.05) is 64.7 Å². The molecule has 0 saturated carbocycles. The summed E-state index contributed by atoms with van der Waals surface area (Å²) < 4.78 is 28.5. The molecule has 584 valence electrons. The lowest BCUT2D eigenvalue weighted by Gasteiger charge is -2.27. The topological polar surface area (TPSA) is 402 Å². The highest BCUT2D eigenvalue weighted by atomic mass is 32.2. The van der Waals surface area contributed by atoms with E-state index in [1.807, 2.05) is 104 Å². The molecule has 0 aliphatic carbocycles.